The molecular formula is C24H33NO4S. The van der Waals surface area contributed by atoms with Crippen molar-refractivity contribution in [1.82, 2.24) is 0 Å². The average molecular weight is 432 g/mol. The Hall–Kier alpha value is -1.92. The summed E-state index contributed by atoms with van der Waals surface area (Å²) in [6.45, 7) is 7.41. The topological polar surface area (TPSA) is 91.4 Å². The molecule has 3 rings (SSSR count). The maximum absolute atomic E-state index is 12.9. The van der Waals surface area contributed by atoms with E-state index in [1.54, 1.807) is 13.8 Å². The van der Waals surface area contributed by atoms with Crippen LogP contribution in [0.3, 0.4) is 0 Å². The summed E-state index contributed by atoms with van der Waals surface area (Å²) in [5, 5.41) is 10.0. The van der Waals surface area contributed by atoms with E-state index in [9.17, 15) is 14.1 Å². The minimum Gasteiger partial charge on any atom is -0.454 e. The van der Waals surface area contributed by atoms with Crippen LogP contribution >= 0.6 is 0 Å². The molecule has 5 nitrogen and oxygen atoms in total. The van der Waals surface area contributed by atoms with Gasteiger partial charge < -0.3 is 9.52 Å². The second-order valence-corrected chi connectivity index (χ2v) is 11.4. The van der Waals surface area contributed by atoms with Gasteiger partial charge in [0.05, 0.1) is 17.6 Å². The van der Waals surface area contributed by atoms with E-state index >= 15 is 0 Å². The Labute approximate surface area is 179 Å². The standard InChI is InChI=1S/C24H33NO4S/c1-16(2)21-10-6-9-18(11-17-7-5-8-17)22(21)13-20(26)15-30(25,28)23-12-19(14-29-23)24(3,4)27/h6,9-10,12,14,16-17,25,27H,5,7-8,11,13,15H2,1-4H3. The van der Waals surface area contributed by atoms with Gasteiger partial charge in [-0.05, 0) is 48.8 Å². The Morgan fingerprint density at radius 1 is 1.33 bits per heavy atom. The maximum atomic E-state index is 12.9. The van der Waals surface area contributed by atoms with Crippen LogP contribution in [0, 0.1) is 10.7 Å². The number of carbonyl (C=O) groups excluding carboxylic acids is 1. The lowest BCUT2D eigenvalue weighted by molar-refractivity contribution is -0.116. The zero-order valence-corrected chi connectivity index (χ0v) is 19.2. The van der Waals surface area contributed by atoms with Crippen molar-refractivity contribution in [2.24, 2.45) is 5.92 Å². The van der Waals surface area contributed by atoms with Gasteiger partial charge in [0.2, 0.25) is 0 Å². The van der Waals surface area contributed by atoms with Crippen LogP contribution < -0.4 is 0 Å². The molecule has 1 saturated carbocycles. The second-order valence-electron chi connectivity index (χ2n) is 9.39. The lowest BCUT2D eigenvalue weighted by atomic mass is 9.78. The SMILES string of the molecule is CC(C)c1cccc(CC2CCC2)c1CC(=O)CS(=N)(=O)c1cc(C(C)(C)O)co1. The number of Topliss-reactive ketones (excluding diaryl/α,β-unsaturated/α-hetero) is 1. The largest absolute Gasteiger partial charge is 0.454 e. The number of aliphatic hydroxyl groups is 1. The third-order valence-electron chi connectivity index (χ3n) is 6.01. The molecule has 0 aliphatic heterocycles. The number of nitrogens with one attached hydrogen (secondary N) is 1. The fourth-order valence-corrected chi connectivity index (χ4v) is 5.19. The lowest BCUT2D eigenvalue weighted by Crippen LogP contribution is -2.20. The van der Waals surface area contributed by atoms with Crippen molar-refractivity contribution in [2.45, 2.75) is 76.4 Å². The number of rotatable bonds is 9. The fraction of sp³-hybridized carbons (Fsp3) is 0.542. The molecule has 0 bridgehead atoms. The van der Waals surface area contributed by atoms with Crippen LogP contribution in [0.25, 0.3) is 0 Å². The van der Waals surface area contributed by atoms with Gasteiger partial charge >= 0.3 is 0 Å². The molecule has 30 heavy (non-hydrogen) atoms. The smallest absolute Gasteiger partial charge is 0.199 e. The monoisotopic (exact) mass is 431 g/mol. The minimum absolute atomic E-state index is 0.0557. The quantitative estimate of drug-likeness (QED) is 0.571. The molecule has 1 heterocycles. The molecular weight excluding hydrogens is 398 g/mol. The molecule has 2 N–H and O–H groups in total. The van der Waals surface area contributed by atoms with E-state index in [0.29, 0.717) is 11.5 Å². The van der Waals surface area contributed by atoms with Gasteiger partial charge in [-0.15, -0.1) is 0 Å². The highest BCUT2D eigenvalue weighted by Gasteiger charge is 2.26. The molecule has 1 aliphatic carbocycles. The Kier molecular flexibility index (Phi) is 6.58. The minimum atomic E-state index is -3.41. The Bertz CT molecular complexity index is 1010. The third kappa shape index (κ3) is 5.22. The van der Waals surface area contributed by atoms with Gasteiger partial charge in [0.25, 0.3) is 0 Å². The van der Waals surface area contributed by atoms with Crippen LogP contribution in [-0.4, -0.2) is 20.9 Å². The first-order valence-corrected chi connectivity index (χ1v) is 12.4. The van der Waals surface area contributed by atoms with Crippen LogP contribution in [0.4, 0.5) is 0 Å². The van der Waals surface area contributed by atoms with E-state index in [2.05, 4.69) is 32.0 Å². The van der Waals surface area contributed by atoms with Crippen molar-refractivity contribution in [3.63, 3.8) is 0 Å². The van der Waals surface area contributed by atoms with E-state index in [-0.39, 0.29) is 29.0 Å². The van der Waals surface area contributed by atoms with Crippen molar-refractivity contribution < 1.29 is 18.5 Å². The lowest BCUT2D eigenvalue weighted by Gasteiger charge is -2.27. The summed E-state index contributed by atoms with van der Waals surface area (Å²) in [7, 11) is -3.41. The summed E-state index contributed by atoms with van der Waals surface area (Å²) < 4.78 is 26.5. The van der Waals surface area contributed by atoms with Crippen LogP contribution in [0.1, 0.15) is 75.1 Å². The van der Waals surface area contributed by atoms with Crippen molar-refractivity contribution >= 4 is 15.5 Å². The normalized spacial score (nSPS) is 17.0. The average Bonchev–Trinajstić information content (AvgIpc) is 3.09. The zero-order chi connectivity index (χ0) is 22.1. The van der Waals surface area contributed by atoms with Gasteiger partial charge in [0.1, 0.15) is 9.73 Å². The summed E-state index contributed by atoms with van der Waals surface area (Å²) in [4.78, 5) is 12.9. The Morgan fingerprint density at radius 2 is 2.03 bits per heavy atom. The molecule has 164 valence electrons. The fourth-order valence-electron chi connectivity index (χ4n) is 3.97. The number of benzene rings is 1. The summed E-state index contributed by atoms with van der Waals surface area (Å²) in [5.74, 6) is 0.360. The zero-order valence-electron chi connectivity index (χ0n) is 18.4. The van der Waals surface area contributed by atoms with E-state index in [4.69, 9.17) is 9.20 Å². The molecule has 0 spiro atoms. The highest BCUT2D eigenvalue weighted by molar-refractivity contribution is 7.93. The molecule has 1 aromatic heterocycles. The van der Waals surface area contributed by atoms with Gasteiger partial charge in [0.15, 0.2) is 10.9 Å². The number of hydrogen-bond acceptors (Lipinski definition) is 5. The molecule has 0 saturated heterocycles. The molecule has 1 fully saturated rings. The van der Waals surface area contributed by atoms with Crippen LogP contribution in [0.5, 0.6) is 0 Å². The number of furan rings is 1. The van der Waals surface area contributed by atoms with Crippen molar-refractivity contribution in [2.75, 3.05) is 5.75 Å². The summed E-state index contributed by atoms with van der Waals surface area (Å²) in [6, 6.07) is 7.66. The first-order valence-electron chi connectivity index (χ1n) is 10.7. The molecule has 1 aromatic carbocycles. The predicted molar refractivity (Wildman–Crippen MR) is 118 cm³/mol. The number of hydrogen-bond donors (Lipinski definition) is 2. The van der Waals surface area contributed by atoms with Gasteiger partial charge in [-0.3, -0.25) is 4.79 Å². The molecule has 1 aliphatic rings. The molecule has 0 amide bonds. The Balaban J connectivity index is 1.80. The first-order chi connectivity index (χ1) is 14.0. The highest BCUT2D eigenvalue weighted by atomic mass is 32.2. The van der Waals surface area contributed by atoms with Gasteiger partial charge in [-0.2, -0.15) is 0 Å². The number of carbonyl (C=O) groups is 1. The molecule has 2 aromatic rings. The van der Waals surface area contributed by atoms with E-state index in [1.807, 2.05) is 0 Å². The van der Waals surface area contributed by atoms with Crippen molar-refractivity contribution in [1.29, 1.82) is 4.78 Å². The maximum Gasteiger partial charge on any atom is 0.199 e. The van der Waals surface area contributed by atoms with Crippen LogP contribution in [0.15, 0.2) is 40.0 Å². The van der Waals surface area contributed by atoms with Crippen molar-refractivity contribution in [3.05, 3.63) is 52.8 Å². The molecule has 6 heteroatoms. The highest BCUT2D eigenvalue weighted by Crippen LogP contribution is 2.33. The molecule has 0 radical (unpaired) electrons. The predicted octanol–water partition coefficient (Wildman–Crippen LogP) is 5.19. The molecule has 1 unspecified atom stereocenters. The van der Waals surface area contributed by atoms with Gasteiger partial charge in [-0.25, -0.2) is 8.99 Å². The van der Waals surface area contributed by atoms with E-state index in [0.717, 1.165) is 17.5 Å². The summed E-state index contributed by atoms with van der Waals surface area (Å²) >= 11 is 0. The second kappa shape index (κ2) is 8.67. The summed E-state index contributed by atoms with van der Waals surface area (Å²) in [6.07, 6.45) is 6.22. The van der Waals surface area contributed by atoms with E-state index < -0.39 is 15.3 Å². The Morgan fingerprint density at radius 3 is 2.57 bits per heavy atom. The number of ketones is 1. The molecule has 1 atom stereocenters. The summed E-state index contributed by atoms with van der Waals surface area (Å²) in [5.41, 5.74) is 2.68. The van der Waals surface area contributed by atoms with Crippen molar-refractivity contribution in [3.8, 4) is 0 Å². The van der Waals surface area contributed by atoms with Crippen LogP contribution in [-0.2, 0) is 33.0 Å². The first kappa shape index (κ1) is 22.8. The van der Waals surface area contributed by atoms with E-state index in [1.165, 1.54) is 37.2 Å². The van der Waals surface area contributed by atoms with Crippen LogP contribution in [0.2, 0.25) is 0 Å². The van der Waals surface area contributed by atoms with Gasteiger partial charge in [0, 0.05) is 18.1 Å². The van der Waals surface area contributed by atoms with Gasteiger partial charge in [-0.1, -0.05) is 51.3 Å². The third-order valence-corrected chi connectivity index (χ3v) is 7.60.